The van der Waals surface area contributed by atoms with Crippen molar-refractivity contribution in [3.8, 4) is 17.2 Å². The molecule has 1 aromatic heterocycles. The van der Waals surface area contributed by atoms with Gasteiger partial charge in [-0.2, -0.15) is 5.26 Å². The van der Waals surface area contributed by atoms with E-state index >= 15 is 0 Å². The molecule has 0 aliphatic carbocycles. The lowest BCUT2D eigenvalue weighted by Crippen LogP contribution is -2.26. The third kappa shape index (κ3) is 5.90. The van der Waals surface area contributed by atoms with Crippen LogP contribution in [0.1, 0.15) is 51.7 Å². The maximum Gasteiger partial charge on any atom is 0.249 e. The molecule has 0 spiro atoms. The number of primary amides is 1. The number of aryl methyl sites for hydroxylation is 4. The van der Waals surface area contributed by atoms with E-state index in [4.69, 9.17) is 5.73 Å². The Morgan fingerprint density at radius 1 is 1.14 bits per heavy atom. The zero-order valence-corrected chi connectivity index (χ0v) is 21.7. The molecule has 0 atom stereocenters. The minimum absolute atomic E-state index is 0.419. The summed E-state index contributed by atoms with van der Waals surface area (Å²) in [5.74, 6) is -0.419. The van der Waals surface area contributed by atoms with Gasteiger partial charge in [0.05, 0.1) is 30.2 Å². The Hall–Kier alpha value is -4.37. The van der Waals surface area contributed by atoms with Gasteiger partial charge in [-0.25, -0.2) is 4.98 Å². The van der Waals surface area contributed by atoms with Crippen molar-refractivity contribution in [2.45, 2.75) is 39.7 Å². The van der Waals surface area contributed by atoms with Crippen LogP contribution in [0.3, 0.4) is 0 Å². The summed E-state index contributed by atoms with van der Waals surface area (Å²) in [7, 11) is 2.01. The molecule has 6 nitrogen and oxygen atoms in total. The van der Waals surface area contributed by atoms with Gasteiger partial charge in [-0.1, -0.05) is 49.4 Å². The van der Waals surface area contributed by atoms with Gasteiger partial charge in [-0.05, 0) is 72.2 Å². The number of nitrogens with zero attached hydrogens (tertiary/aromatic N) is 4. The quantitative estimate of drug-likeness (QED) is 0.314. The number of hydrogen-bond donors (Lipinski definition) is 1. The van der Waals surface area contributed by atoms with Crippen LogP contribution in [-0.4, -0.2) is 22.0 Å². The summed E-state index contributed by atoms with van der Waals surface area (Å²) in [6.07, 6.45) is 6.45. The highest BCUT2D eigenvalue weighted by Gasteiger charge is 2.15. The molecule has 0 aliphatic rings. The zero-order chi connectivity index (χ0) is 26.4. The molecule has 188 valence electrons. The summed E-state index contributed by atoms with van der Waals surface area (Å²) in [5.41, 5.74) is 14.3. The number of anilines is 1. The smallest absolute Gasteiger partial charge is 0.249 e. The zero-order valence-electron chi connectivity index (χ0n) is 21.7. The van der Waals surface area contributed by atoms with Crippen LogP contribution in [0.5, 0.6) is 0 Å². The van der Waals surface area contributed by atoms with E-state index in [1.807, 2.05) is 49.3 Å². The first kappa shape index (κ1) is 25.7. The van der Waals surface area contributed by atoms with Crippen molar-refractivity contribution in [3.05, 3.63) is 107 Å². The van der Waals surface area contributed by atoms with Gasteiger partial charge in [-0.3, -0.25) is 4.79 Å². The Morgan fingerprint density at radius 3 is 2.54 bits per heavy atom. The van der Waals surface area contributed by atoms with Gasteiger partial charge in [0.1, 0.15) is 0 Å². The fourth-order valence-electron chi connectivity index (χ4n) is 4.77. The van der Waals surface area contributed by atoms with Crippen LogP contribution in [0, 0.1) is 18.3 Å². The fourth-order valence-corrected chi connectivity index (χ4v) is 4.77. The maximum absolute atomic E-state index is 11.8. The van der Waals surface area contributed by atoms with E-state index in [1.54, 1.807) is 6.07 Å². The standard InChI is InChI=1S/C31H33N5O/c1-4-24-17-26(16-22(2)30(24)18-32)36(20-27-19-34-21-35(27)3)15-7-8-23-11-13-25(14-12-23)28-9-5-6-10-29(28)31(33)37/h5-6,9-14,16-17,19,21H,4,7-8,15,20H2,1-3H3,(H2,33,37). The van der Waals surface area contributed by atoms with Crippen molar-refractivity contribution < 1.29 is 4.79 Å². The molecule has 0 saturated carbocycles. The van der Waals surface area contributed by atoms with Crippen molar-refractivity contribution >= 4 is 11.6 Å². The molecule has 2 N–H and O–H groups in total. The molecular formula is C31H33N5O. The molecule has 4 rings (SSSR count). The summed E-state index contributed by atoms with van der Waals surface area (Å²) >= 11 is 0. The lowest BCUT2D eigenvalue weighted by molar-refractivity contribution is 0.100. The average Bonchev–Trinajstić information content (AvgIpc) is 3.32. The first-order valence-corrected chi connectivity index (χ1v) is 12.6. The fraction of sp³-hybridized carbons (Fsp3) is 0.258. The van der Waals surface area contributed by atoms with Crippen molar-refractivity contribution in [1.29, 1.82) is 5.26 Å². The molecule has 0 bridgehead atoms. The predicted octanol–water partition coefficient (Wildman–Crippen LogP) is 5.57. The molecule has 0 saturated heterocycles. The number of nitrogens with two attached hydrogens (primary N) is 1. The summed E-state index contributed by atoms with van der Waals surface area (Å²) in [5, 5.41) is 9.61. The number of carbonyl (C=O) groups is 1. The summed E-state index contributed by atoms with van der Waals surface area (Å²) < 4.78 is 2.05. The first-order valence-electron chi connectivity index (χ1n) is 12.6. The minimum Gasteiger partial charge on any atom is -0.366 e. The molecule has 0 unspecified atom stereocenters. The monoisotopic (exact) mass is 491 g/mol. The molecule has 0 radical (unpaired) electrons. The number of benzene rings is 3. The highest BCUT2D eigenvalue weighted by Crippen LogP contribution is 2.27. The largest absolute Gasteiger partial charge is 0.366 e. The van der Waals surface area contributed by atoms with Crippen LogP contribution in [0.4, 0.5) is 5.69 Å². The average molecular weight is 492 g/mol. The van der Waals surface area contributed by atoms with Gasteiger partial charge in [0.2, 0.25) is 5.91 Å². The molecule has 4 aromatic rings. The molecule has 1 amide bonds. The van der Waals surface area contributed by atoms with E-state index in [0.717, 1.165) is 71.6 Å². The topological polar surface area (TPSA) is 87.9 Å². The van der Waals surface area contributed by atoms with Crippen LogP contribution in [0.2, 0.25) is 0 Å². The first-order chi connectivity index (χ1) is 17.9. The van der Waals surface area contributed by atoms with Crippen molar-refractivity contribution in [3.63, 3.8) is 0 Å². The summed E-state index contributed by atoms with van der Waals surface area (Å²) in [4.78, 5) is 18.5. The highest BCUT2D eigenvalue weighted by atomic mass is 16.1. The Bertz CT molecular complexity index is 1430. The van der Waals surface area contributed by atoms with Crippen molar-refractivity contribution in [2.75, 3.05) is 11.4 Å². The Morgan fingerprint density at radius 2 is 1.89 bits per heavy atom. The van der Waals surface area contributed by atoms with Gasteiger partial charge in [0, 0.05) is 31.0 Å². The van der Waals surface area contributed by atoms with Crippen molar-refractivity contribution in [2.24, 2.45) is 12.8 Å². The lowest BCUT2D eigenvalue weighted by Gasteiger charge is -2.26. The highest BCUT2D eigenvalue weighted by molar-refractivity contribution is 5.99. The number of amides is 1. The van der Waals surface area contributed by atoms with Crippen LogP contribution < -0.4 is 10.6 Å². The van der Waals surface area contributed by atoms with Crippen LogP contribution in [-0.2, 0) is 26.4 Å². The number of carbonyl (C=O) groups excluding carboxylic acids is 1. The van der Waals surface area contributed by atoms with Gasteiger partial charge in [-0.15, -0.1) is 0 Å². The van der Waals surface area contributed by atoms with Crippen molar-refractivity contribution in [1.82, 2.24) is 9.55 Å². The van der Waals surface area contributed by atoms with E-state index in [2.05, 4.69) is 59.3 Å². The number of nitriles is 1. The van der Waals surface area contributed by atoms with Crippen LogP contribution >= 0.6 is 0 Å². The van der Waals surface area contributed by atoms with E-state index in [-0.39, 0.29) is 0 Å². The molecule has 6 heteroatoms. The van der Waals surface area contributed by atoms with Gasteiger partial charge >= 0.3 is 0 Å². The van der Waals surface area contributed by atoms with Crippen LogP contribution in [0.15, 0.2) is 73.2 Å². The Labute approximate surface area is 219 Å². The third-order valence-corrected chi connectivity index (χ3v) is 6.88. The SMILES string of the molecule is CCc1cc(N(CCCc2ccc(-c3ccccc3C(N)=O)cc2)Cc2cncn2C)cc(C)c1C#N. The normalized spacial score (nSPS) is 10.8. The number of rotatable bonds is 10. The van der Waals surface area contributed by atoms with E-state index in [9.17, 15) is 10.1 Å². The van der Waals surface area contributed by atoms with E-state index in [0.29, 0.717) is 5.56 Å². The summed E-state index contributed by atoms with van der Waals surface area (Å²) in [6.45, 7) is 5.72. The molecule has 0 aliphatic heterocycles. The second-order valence-corrected chi connectivity index (χ2v) is 9.39. The van der Waals surface area contributed by atoms with E-state index < -0.39 is 5.91 Å². The number of imidazole rings is 1. The molecule has 37 heavy (non-hydrogen) atoms. The van der Waals surface area contributed by atoms with Gasteiger partial charge < -0.3 is 15.2 Å². The van der Waals surface area contributed by atoms with Gasteiger partial charge in [0.15, 0.2) is 0 Å². The number of hydrogen-bond acceptors (Lipinski definition) is 4. The Kier molecular flexibility index (Phi) is 8.05. The molecule has 3 aromatic carbocycles. The van der Waals surface area contributed by atoms with Gasteiger partial charge in [0.25, 0.3) is 0 Å². The predicted molar refractivity (Wildman–Crippen MR) is 148 cm³/mol. The molecule has 0 fully saturated rings. The molecule has 1 heterocycles. The van der Waals surface area contributed by atoms with E-state index in [1.165, 1.54) is 5.56 Å². The Balaban J connectivity index is 1.51. The summed E-state index contributed by atoms with van der Waals surface area (Å²) in [6, 6.07) is 22.4. The number of aromatic nitrogens is 2. The third-order valence-electron chi connectivity index (χ3n) is 6.88. The minimum atomic E-state index is -0.419. The second kappa shape index (κ2) is 11.6. The second-order valence-electron chi connectivity index (χ2n) is 9.39. The van der Waals surface area contributed by atoms with Crippen LogP contribution in [0.25, 0.3) is 11.1 Å². The molecular weight excluding hydrogens is 458 g/mol. The lowest BCUT2D eigenvalue weighted by atomic mass is 9.97. The maximum atomic E-state index is 11.8.